The number of carbonyl (C=O) groups is 1. The highest BCUT2D eigenvalue weighted by Crippen LogP contribution is 2.11. The van der Waals surface area contributed by atoms with E-state index >= 15 is 0 Å². The van der Waals surface area contributed by atoms with Gasteiger partial charge in [0.05, 0.1) is 6.33 Å². The van der Waals surface area contributed by atoms with E-state index in [-0.39, 0.29) is 36.8 Å². The van der Waals surface area contributed by atoms with E-state index in [0.717, 1.165) is 31.6 Å². The van der Waals surface area contributed by atoms with E-state index in [9.17, 15) is 4.79 Å². The first-order chi connectivity index (χ1) is 9.83. The van der Waals surface area contributed by atoms with Crippen LogP contribution in [0.25, 0.3) is 5.69 Å². The van der Waals surface area contributed by atoms with Crippen molar-refractivity contribution in [1.29, 1.82) is 0 Å². The average molecular weight is 343 g/mol. The van der Waals surface area contributed by atoms with Crippen molar-refractivity contribution in [3.05, 3.63) is 48.5 Å². The lowest BCUT2D eigenvalue weighted by Gasteiger charge is -2.23. The van der Waals surface area contributed by atoms with Gasteiger partial charge in [-0.05, 0) is 37.6 Å². The molecule has 120 valence electrons. The van der Waals surface area contributed by atoms with Gasteiger partial charge in [-0.2, -0.15) is 0 Å². The van der Waals surface area contributed by atoms with Gasteiger partial charge < -0.3 is 15.2 Å². The van der Waals surface area contributed by atoms with Crippen molar-refractivity contribution >= 4 is 30.7 Å². The highest BCUT2D eigenvalue weighted by Gasteiger charge is 2.16. The Morgan fingerprint density at radius 1 is 1.36 bits per heavy atom. The van der Waals surface area contributed by atoms with Crippen LogP contribution in [-0.2, 0) is 0 Å². The Morgan fingerprint density at radius 3 is 2.91 bits per heavy atom. The van der Waals surface area contributed by atoms with E-state index in [1.807, 2.05) is 35.0 Å². The first-order valence-electron chi connectivity index (χ1n) is 6.93. The van der Waals surface area contributed by atoms with Crippen LogP contribution in [0.15, 0.2) is 43.0 Å². The monoisotopic (exact) mass is 342 g/mol. The molecule has 2 N–H and O–H groups in total. The summed E-state index contributed by atoms with van der Waals surface area (Å²) in [5, 5.41) is 6.38. The fraction of sp³-hybridized carbons (Fsp3) is 0.333. The molecule has 1 aliphatic rings. The minimum atomic E-state index is -0.0133. The molecule has 3 rings (SSSR count). The van der Waals surface area contributed by atoms with Gasteiger partial charge in [0.1, 0.15) is 0 Å². The zero-order valence-electron chi connectivity index (χ0n) is 12.1. The topological polar surface area (TPSA) is 59.0 Å². The summed E-state index contributed by atoms with van der Waals surface area (Å²) in [6.45, 7) is 1.90. The van der Waals surface area contributed by atoms with Crippen LogP contribution < -0.4 is 10.6 Å². The van der Waals surface area contributed by atoms with Crippen molar-refractivity contribution in [3.63, 3.8) is 0 Å². The largest absolute Gasteiger partial charge is 0.348 e. The Morgan fingerprint density at radius 2 is 2.23 bits per heavy atom. The molecular weight excluding hydrogens is 323 g/mol. The summed E-state index contributed by atoms with van der Waals surface area (Å²) in [5.41, 5.74) is 1.62. The molecule has 1 unspecified atom stereocenters. The van der Waals surface area contributed by atoms with E-state index in [1.54, 1.807) is 12.5 Å². The van der Waals surface area contributed by atoms with Crippen LogP contribution in [0.3, 0.4) is 0 Å². The minimum absolute atomic E-state index is 0. The summed E-state index contributed by atoms with van der Waals surface area (Å²) in [5.74, 6) is -0.0133. The van der Waals surface area contributed by atoms with Gasteiger partial charge in [-0.15, -0.1) is 24.8 Å². The SMILES string of the molecule is Cl.Cl.O=C(NC1CCCNC1)c1cccc(-n2ccnc2)c1. The number of halogens is 2. The number of nitrogens with one attached hydrogen (secondary N) is 2. The highest BCUT2D eigenvalue weighted by molar-refractivity contribution is 5.94. The Labute approximate surface area is 142 Å². The zero-order valence-corrected chi connectivity index (χ0v) is 13.7. The van der Waals surface area contributed by atoms with Crippen molar-refractivity contribution < 1.29 is 4.79 Å². The minimum Gasteiger partial charge on any atom is -0.348 e. The third-order valence-electron chi connectivity index (χ3n) is 3.54. The maximum absolute atomic E-state index is 12.3. The fourth-order valence-electron chi connectivity index (χ4n) is 2.46. The van der Waals surface area contributed by atoms with Crippen LogP contribution in [0.5, 0.6) is 0 Å². The standard InChI is InChI=1S/C15H18N4O.2ClH/c20-15(18-13-4-2-6-16-10-13)12-3-1-5-14(9-12)19-8-7-17-11-19;;/h1,3,5,7-9,11,13,16H,2,4,6,10H2,(H,18,20);2*1H. The molecule has 1 aromatic heterocycles. The number of rotatable bonds is 3. The smallest absolute Gasteiger partial charge is 0.251 e. The number of piperidine rings is 1. The molecule has 22 heavy (non-hydrogen) atoms. The summed E-state index contributed by atoms with van der Waals surface area (Å²) in [7, 11) is 0. The molecule has 1 saturated heterocycles. The Kier molecular flexibility index (Phi) is 7.38. The molecule has 2 aromatic rings. The molecule has 0 aliphatic carbocycles. The summed E-state index contributed by atoms with van der Waals surface area (Å²) >= 11 is 0. The summed E-state index contributed by atoms with van der Waals surface area (Å²) in [6, 6.07) is 7.80. The Bertz CT molecular complexity index is 583. The van der Waals surface area contributed by atoms with Crippen LogP contribution in [0.4, 0.5) is 0 Å². The van der Waals surface area contributed by atoms with E-state index in [2.05, 4.69) is 15.6 Å². The lowest BCUT2D eigenvalue weighted by atomic mass is 10.1. The van der Waals surface area contributed by atoms with Crippen molar-refractivity contribution in [3.8, 4) is 5.69 Å². The lowest BCUT2D eigenvalue weighted by molar-refractivity contribution is 0.0930. The molecule has 1 fully saturated rings. The molecular formula is C15H20Cl2N4O. The number of carbonyl (C=O) groups excluding carboxylic acids is 1. The van der Waals surface area contributed by atoms with Gasteiger partial charge in [-0.3, -0.25) is 4.79 Å². The van der Waals surface area contributed by atoms with Crippen molar-refractivity contribution in [2.75, 3.05) is 13.1 Å². The summed E-state index contributed by atoms with van der Waals surface area (Å²) in [6.07, 6.45) is 7.46. The first-order valence-corrected chi connectivity index (χ1v) is 6.93. The first kappa shape index (κ1) is 18.5. The van der Waals surface area contributed by atoms with Gasteiger partial charge in [-0.1, -0.05) is 6.07 Å². The quantitative estimate of drug-likeness (QED) is 0.898. The molecule has 1 amide bonds. The van der Waals surface area contributed by atoms with Crippen LogP contribution in [0.1, 0.15) is 23.2 Å². The second-order valence-electron chi connectivity index (χ2n) is 5.04. The normalized spacial score (nSPS) is 17.0. The van der Waals surface area contributed by atoms with Gasteiger partial charge in [0.25, 0.3) is 5.91 Å². The van der Waals surface area contributed by atoms with Crippen molar-refractivity contribution in [2.24, 2.45) is 0 Å². The third kappa shape index (κ3) is 4.47. The van der Waals surface area contributed by atoms with Crippen LogP contribution >= 0.6 is 24.8 Å². The summed E-state index contributed by atoms with van der Waals surface area (Å²) < 4.78 is 1.89. The van der Waals surface area contributed by atoms with Crippen LogP contribution in [0, 0.1) is 0 Å². The molecule has 0 saturated carbocycles. The van der Waals surface area contributed by atoms with Gasteiger partial charge in [-0.25, -0.2) is 4.98 Å². The molecule has 2 heterocycles. The van der Waals surface area contributed by atoms with Crippen molar-refractivity contribution in [1.82, 2.24) is 20.2 Å². The van der Waals surface area contributed by atoms with Gasteiger partial charge in [0.2, 0.25) is 0 Å². The van der Waals surface area contributed by atoms with E-state index in [4.69, 9.17) is 0 Å². The highest BCUT2D eigenvalue weighted by atomic mass is 35.5. The van der Waals surface area contributed by atoms with E-state index < -0.39 is 0 Å². The predicted octanol–water partition coefficient (Wildman–Crippen LogP) is 2.20. The molecule has 0 spiro atoms. The maximum atomic E-state index is 12.3. The lowest BCUT2D eigenvalue weighted by Crippen LogP contribution is -2.45. The van der Waals surface area contributed by atoms with Crippen LogP contribution in [0.2, 0.25) is 0 Å². The van der Waals surface area contributed by atoms with Gasteiger partial charge in [0, 0.05) is 36.2 Å². The van der Waals surface area contributed by atoms with Crippen LogP contribution in [-0.4, -0.2) is 34.6 Å². The van der Waals surface area contributed by atoms with Gasteiger partial charge in [0.15, 0.2) is 0 Å². The van der Waals surface area contributed by atoms with Crippen molar-refractivity contribution in [2.45, 2.75) is 18.9 Å². The average Bonchev–Trinajstić information content (AvgIpc) is 3.03. The fourth-order valence-corrected chi connectivity index (χ4v) is 2.46. The molecule has 7 heteroatoms. The Hall–Kier alpha value is -1.56. The molecule has 1 aliphatic heterocycles. The maximum Gasteiger partial charge on any atom is 0.251 e. The zero-order chi connectivity index (χ0) is 13.8. The third-order valence-corrected chi connectivity index (χ3v) is 3.54. The number of nitrogens with zero attached hydrogens (tertiary/aromatic N) is 2. The number of benzene rings is 1. The predicted molar refractivity (Wildman–Crippen MR) is 91.4 cm³/mol. The Balaban J connectivity index is 0.00000121. The molecule has 0 bridgehead atoms. The number of hydrogen-bond acceptors (Lipinski definition) is 3. The van der Waals surface area contributed by atoms with E-state index in [0.29, 0.717) is 5.56 Å². The second kappa shape index (κ2) is 8.78. The van der Waals surface area contributed by atoms with Gasteiger partial charge >= 0.3 is 0 Å². The number of hydrogen-bond donors (Lipinski definition) is 2. The molecule has 1 aromatic carbocycles. The molecule has 0 radical (unpaired) electrons. The number of amides is 1. The molecule has 5 nitrogen and oxygen atoms in total. The van der Waals surface area contributed by atoms with E-state index in [1.165, 1.54) is 0 Å². The second-order valence-corrected chi connectivity index (χ2v) is 5.04. The summed E-state index contributed by atoms with van der Waals surface area (Å²) in [4.78, 5) is 16.3. The number of aromatic nitrogens is 2. The number of imidazole rings is 1. The molecule has 1 atom stereocenters.